The molecular formula is C18H18F3N3S2. The first-order valence-electron chi connectivity index (χ1n) is 8.03. The van der Waals surface area contributed by atoms with Crippen molar-refractivity contribution in [2.75, 3.05) is 0 Å². The van der Waals surface area contributed by atoms with Crippen molar-refractivity contribution in [3.63, 3.8) is 0 Å². The summed E-state index contributed by atoms with van der Waals surface area (Å²) in [6, 6.07) is 7.49. The van der Waals surface area contributed by atoms with Gasteiger partial charge in [-0.1, -0.05) is 43.8 Å². The molecule has 3 aromatic rings. The Bertz CT molecular complexity index is 897. The van der Waals surface area contributed by atoms with Gasteiger partial charge in [-0.15, -0.1) is 21.5 Å². The highest BCUT2D eigenvalue weighted by molar-refractivity contribution is 7.98. The number of thioether (sulfide) groups is 1. The number of thiophene rings is 1. The summed E-state index contributed by atoms with van der Waals surface area (Å²) in [6.07, 6.45) is -4.33. The van der Waals surface area contributed by atoms with E-state index in [0.29, 0.717) is 22.4 Å². The molecule has 0 unspecified atom stereocenters. The van der Waals surface area contributed by atoms with Crippen LogP contribution in [-0.2, 0) is 19.0 Å². The number of alkyl halides is 3. The van der Waals surface area contributed by atoms with E-state index in [-0.39, 0.29) is 0 Å². The zero-order chi connectivity index (χ0) is 18.9. The van der Waals surface area contributed by atoms with Gasteiger partial charge in [-0.25, -0.2) is 0 Å². The smallest absolute Gasteiger partial charge is 0.305 e. The van der Waals surface area contributed by atoms with E-state index >= 15 is 0 Å². The fourth-order valence-electron chi connectivity index (χ4n) is 2.45. The third kappa shape index (κ3) is 4.12. The van der Waals surface area contributed by atoms with Gasteiger partial charge in [-0.05, 0) is 23.6 Å². The van der Waals surface area contributed by atoms with E-state index in [2.05, 4.69) is 35.5 Å². The van der Waals surface area contributed by atoms with E-state index in [1.165, 1.54) is 28.8 Å². The van der Waals surface area contributed by atoms with Crippen LogP contribution in [0, 0.1) is 0 Å². The largest absolute Gasteiger partial charge is 0.416 e. The summed E-state index contributed by atoms with van der Waals surface area (Å²) in [5.74, 6) is 1.62. The van der Waals surface area contributed by atoms with Gasteiger partial charge in [-0.3, -0.25) is 0 Å². The van der Waals surface area contributed by atoms with Gasteiger partial charge in [0.15, 0.2) is 11.0 Å². The van der Waals surface area contributed by atoms with Crippen molar-refractivity contribution < 1.29 is 13.2 Å². The predicted molar refractivity (Wildman–Crippen MR) is 99.4 cm³/mol. The number of benzene rings is 1. The third-order valence-corrected chi connectivity index (χ3v) is 6.23. The van der Waals surface area contributed by atoms with Crippen molar-refractivity contribution in [3.05, 3.63) is 51.7 Å². The lowest BCUT2D eigenvalue weighted by molar-refractivity contribution is -0.137. The second kappa shape index (κ2) is 7.44. The normalized spacial score (nSPS) is 12.1. The molecular weight excluding hydrogens is 379 g/mol. The van der Waals surface area contributed by atoms with Crippen molar-refractivity contribution in [2.45, 2.75) is 36.9 Å². The maximum Gasteiger partial charge on any atom is 0.416 e. The highest BCUT2D eigenvalue weighted by atomic mass is 32.2. The lowest BCUT2D eigenvalue weighted by atomic mass is 10.1. The number of aromatic nitrogens is 3. The van der Waals surface area contributed by atoms with E-state index in [9.17, 15) is 13.2 Å². The molecule has 0 aliphatic carbocycles. The number of halogens is 3. The molecule has 0 amide bonds. The molecule has 3 rings (SSSR count). The van der Waals surface area contributed by atoms with Crippen LogP contribution in [0.3, 0.4) is 0 Å². The van der Waals surface area contributed by atoms with Gasteiger partial charge in [-0.2, -0.15) is 13.2 Å². The molecule has 0 saturated heterocycles. The Morgan fingerprint density at radius 3 is 2.62 bits per heavy atom. The number of rotatable bonds is 5. The summed E-state index contributed by atoms with van der Waals surface area (Å²) in [6.45, 7) is 4.28. The molecule has 138 valence electrons. The molecule has 26 heavy (non-hydrogen) atoms. The van der Waals surface area contributed by atoms with Gasteiger partial charge in [0.1, 0.15) is 0 Å². The Labute approximate surface area is 158 Å². The summed E-state index contributed by atoms with van der Waals surface area (Å²) >= 11 is 3.06. The van der Waals surface area contributed by atoms with Crippen LogP contribution < -0.4 is 0 Å². The van der Waals surface area contributed by atoms with Crippen molar-refractivity contribution in [1.82, 2.24) is 14.8 Å². The SMILES string of the molecule is CC(C)c1cc(-c2nnc(SCc3cccc(C(F)(F)F)c3)n2C)cs1. The van der Waals surface area contributed by atoms with Crippen molar-refractivity contribution in [1.29, 1.82) is 0 Å². The van der Waals surface area contributed by atoms with E-state index in [4.69, 9.17) is 0 Å². The zero-order valence-electron chi connectivity index (χ0n) is 14.5. The standard InChI is InChI=1S/C18H18F3N3S2/c1-11(2)15-8-13(10-25-15)16-22-23-17(24(16)3)26-9-12-5-4-6-14(7-12)18(19,20)21/h4-8,10-11H,9H2,1-3H3. The van der Waals surface area contributed by atoms with Crippen molar-refractivity contribution in [3.8, 4) is 11.4 Å². The minimum Gasteiger partial charge on any atom is -0.305 e. The summed E-state index contributed by atoms with van der Waals surface area (Å²) in [5.41, 5.74) is 0.986. The van der Waals surface area contributed by atoms with Crippen molar-refractivity contribution >= 4 is 23.1 Å². The molecule has 0 radical (unpaired) electrons. The van der Waals surface area contributed by atoms with Crippen LogP contribution in [0.4, 0.5) is 13.2 Å². The van der Waals surface area contributed by atoms with Gasteiger partial charge >= 0.3 is 6.18 Å². The zero-order valence-corrected chi connectivity index (χ0v) is 16.2. The monoisotopic (exact) mass is 397 g/mol. The Hall–Kier alpha value is -1.80. The van der Waals surface area contributed by atoms with Crippen LogP contribution in [0.15, 0.2) is 40.9 Å². The van der Waals surface area contributed by atoms with Gasteiger partial charge < -0.3 is 4.57 Å². The minimum absolute atomic E-state index is 0.400. The molecule has 0 bridgehead atoms. The van der Waals surface area contributed by atoms with Gasteiger partial charge in [0, 0.05) is 28.6 Å². The molecule has 0 aliphatic rings. The van der Waals surface area contributed by atoms with Gasteiger partial charge in [0.2, 0.25) is 0 Å². The van der Waals surface area contributed by atoms with E-state index in [1.54, 1.807) is 17.4 Å². The lowest BCUT2D eigenvalue weighted by Crippen LogP contribution is -2.05. The molecule has 0 fully saturated rings. The summed E-state index contributed by atoms with van der Waals surface area (Å²) in [5, 5.41) is 11.2. The van der Waals surface area contributed by atoms with Crippen LogP contribution in [0.1, 0.15) is 35.8 Å². The number of nitrogens with zero attached hydrogens (tertiary/aromatic N) is 3. The summed E-state index contributed by atoms with van der Waals surface area (Å²) < 4.78 is 40.3. The highest BCUT2D eigenvalue weighted by Gasteiger charge is 2.30. The quantitative estimate of drug-likeness (QED) is 0.496. The fourth-order valence-corrected chi connectivity index (χ4v) is 4.21. The maximum atomic E-state index is 12.8. The molecule has 2 aromatic heterocycles. The van der Waals surface area contributed by atoms with Gasteiger partial charge in [0.25, 0.3) is 0 Å². The molecule has 0 atom stereocenters. The molecule has 0 spiro atoms. The molecule has 0 aliphatic heterocycles. The van der Waals surface area contributed by atoms with Crippen molar-refractivity contribution in [2.24, 2.45) is 7.05 Å². The Balaban J connectivity index is 1.75. The van der Waals surface area contributed by atoms with E-state index in [0.717, 1.165) is 17.5 Å². The maximum absolute atomic E-state index is 12.8. The van der Waals surface area contributed by atoms with Crippen LogP contribution in [0.25, 0.3) is 11.4 Å². The first-order chi connectivity index (χ1) is 12.3. The van der Waals surface area contributed by atoms with Crippen LogP contribution in [0.5, 0.6) is 0 Å². The predicted octanol–water partition coefficient (Wildman–Crippen LogP) is 5.98. The first kappa shape index (κ1) is 19.0. The summed E-state index contributed by atoms with van der Waals surface area (Å²) in [7, 11) is 1.87. The third-order valence-electron chi connectivity index (χ3n) is 3.90. The average Bonchev–Trinajstić information content (AvgIpc) is 3.19. The Morgan fingerprint density at radius 2 is 1.96 bits per heavy atom. The summed E-state index contributed by atoms with van der Waals surface area (Å²) in [4.78, 5) is 1.28. The van der Waals surface area contributed by atoms with Crippen LogP contribution in [0.2, 0.25) is 0 Å². The average molecular weight is 397 g/mol. The molecule has 3 nitrogen and oxygen atoms in total. The second-order valence-corrected chi connectivity index (χ2v) is 8.13. The van der Waals surface area contributed by atoms with E-state index < -0.39 is 11.7 Å². The Kier molecular flexibility index (Phi) is 5.43. The number of hydrogen-bond acceptors (Lipinski definition) is 4. The molecule has 1 aromatic carbocycles. The molecule has 2 heterocycles. The topological polar surface area (TPSA) is 30.7 Å². The van der Waals surface area contributed by atoms with E-state index in [1.807, 2.05) is 11.6 Å². The highest BCUT2D eigenvalue weighted by Crippen LogP contribution is 2.33. The lowest BCUT2D eigenvalue weighted by Gasteiger charge is -2.08. The van der Waals surface area contributed by atoms with Gasteiger partial charge in [0.05, 0.1) is 5.56 Å². The fraction of sp³-hybridized carbons (Fsp3) is 0.333. The molecule has 0 saturated carbocycles. The van der Waals surface area contributed by atoms with Crippen LogP contribution >= 0.6 is 23.1 Å². The molecule has 0 N–H and O–H groups in total. The van der Waals surface area contributed by atoms with Crippen LogP contribution in [-0.4, -0.2) is 14.8 Å². The Morgan fingerprint density at radius 1 is 1.19 bits per heavy atom. The number of hydrogen-bond donors (Lipinski definition) is 0. The minimum atomic E-state index is -4.33. The first-order valence-corrected chi connectivity index (χ1v) is 9.89. The molecule has 8 heteroatoms. The second-order valence-electron chi connectivity index (χ2n) is 6.24.